The number of amides is 1. The molecule has 0 radical (unpaired) electrons. The highest BCUT2D eigenvalue weighted by Crippen LogP contribution is 2.35. The van der Waals surface area contributed by atoms with E-state index in [1.807, 2.05) is 20.8 Å². The molecule has 3 atom stereocenters. The molecule has 23 heavy (non-hydrogen) atoms. The second-order valence-electron chi connectivity index (χ2n) is 9.33. The summed E-state index contributed by atoms with van der Waals surface area (Å²) in [6.45, 7) is 10.5. The van der Waals surface area contributed by atoms with Gasteiger partial charge in [-0.25, -0.2) is 4.79 Å². The van der Waals surface area contributed by atoms with Gasteiger partial charge in [0, 0.05) is 18.1 Å². The Bertz CT molecular complexity index is 401. The maximum atomic E-state index is 12.0. The number of rotatable bonds is 3. The summed E-state index contributed by atoms with van der Waals surface area (Å²) in [7, 11) is 0. The van der Waals surface area contributed by atoms with Gasteiger partial charge < -0.3 is 15.4 Å². The maximum Gasteiger partial charge on any atom is 0.407 e. The lowest BCUT2D eigenvalue weighted by molar-refractivity contribution is 0.0487. The summed E-state index contributed by atoms with van der Waals surface area (Å²) in [6.07, 6.45) is 9.46. The van der Waals surface area contributed by atoms with Gasteiger partial charge in [-0.3, -0.25) is 0 Å². The number of nitrogens with one attached hydrogen (secondary N) is 2. The molecule has 2 aliphatic carbocycles. The summed E-state index contributed by atoms with van der Waals surface area (Å²) in [5.41, 5.74) is 0.0445. The van der Waals surface area contributed by atoms with Crippen molar-refractivity contribution in [2.45, 2.75) is 110 Å². The van der Waals surface area contributed by atoms with Gasteiger partial charge >= 0.3 is 6.09 Å². The molecule has 2 rings (SSSR count). The van der Waals surface area contributed by atoms with Gasteiger partial charge in [-0.1, -0.05) is 20.3 Å². The molecule has 0 bridgehead atoms. The van der Waals surface area contributed by atoms with Gasteiger partial charge in [0.1, 0.15) is 5.60 Å². The molecule has 2 fully saturated rings. The highest BCUT2D eigenvalue weighted by atomic mass is 16.6. The number of hydrogen-bond acceptors (Lipinski definition) is 3. The minimum atomic E-state index is -0.427. The van der Waals surface area contributed by atoms with Gasteiger partial charge in [0.15, 0.2) is 0 Å². The molecule has 2 N–H and O–H groups in total. The summed E-state index contributed by atoms with van der Waals surface area (Å²) in [4.78, 5) is 12.0. The van der Waals surface area contributed by atoms with Crippen LogP contribution in [-0.2, 0) is 4.74 Å². The molecule has 3 unspecified atom stereocenters. The van der Waals surface area contributed by atoms with E-state index in [0.29, 0.717) is 17.5 Å². The van der Waals surface area contributed by atoms with E-state index in [0.717, 1.165) is 12.8 Å². The summed E-state index contributed by atoms with van der Waals surface area (Å²) in [5.74, 6) is 0. The third kappa shape index (κ3) is 6.70. The van der Waals surface area contributed by atoms with Crippen LogP contribution in [0.5, 0.6) is 0 Å². The highest BCUT2D eigenvalue weighted by molar-refractivity contribution is 5.68. The first-order valence-electron chi connectivity index (χ1n) is 9.38. The summed E-state index contributed by atoms with van der Waals surface area (Å²) < 4.78 is 5.38. The van der Waals surface area contributed by atoms with Gasteiger partial charge in [0.2, 0.25) is 0 Å². The lowest BCUT2D eigenvalue weighted by atomic mass is 9.74. The van der Waals surface area contributed by atoms with Gasteiger partial charge in [-0.2, -0.15) is 0 Å². The Hall–Kier alpha value is -0.770. The Balaban J connectivity index is 1.78. The lowest BCUT2D eigenvalue weighted by Crippen LogP contribution is -2.49. The standard InChI is InChI=1S/C19H36N2O2/c1-18(2,3)23-17(22)21-15-9-6-8-14(12-15)20-16-10-7-11-19(4,5)13-16/h14-16,20H,6-13H2,1-5H3,(H,21,22). The minimum absolute atomic E-state index is 0.243. The first-order chi connectivity index (χ1) is 10.6. The number of alkyl carbamates (subject to hydrolysis) is 1. The van der Waals surface area contributed by atoms with Crippen LogP contribution in [-0.4, -0.2) is 29.8 Å². The van der Waals surface area contributed by atoms with Crippen LogP contribution in [0.25, 0.3) is 0 Å². The van der Waals surface area contributed by atoms with Crippen molar-refractivity contribution in [3.05, 3.63) is 0 Å². The van der Waals surface area contributed by atoms with Gasteiger partial charge in [0.25, 0.3) is 0 Å². The van der Waals surface area contributed by atoms with Crippen molar-refractivity contribution in [2.24, 2.45) is 5.41 Å². The highest BCUT2D eigenvalue weighted by Gasteiger charge is 2.31. The number of hydrogen-bond donors (Lipinski definition) is 2. The van der Waals surface area contributed by atoms with Crippen LogP contribution in [0.1, 0.15) is 86.0 Å². The predicted molar refractivity (Wildman–Crippen MR) is 94.6 cm³/mol. The Morgan fingerprint density at radius 2 is 1.70 bits per heavy atom. The lowest BCUT2D eigenvalue weighted by Gasteiger charge is -2.39. The topological polar surface area (TPSA) is 50.4 Å². The fraction of sp³-hybridized carbons (Fsp3) is 0.947. The van der Waals surface area contributed by atoms with E-state index in [-0.39, 0.29) is 12.1 Å². The molecule has 0 aliphatic heterocycles. The Morgan fingerprint density at radius 1 is 1.04 bits per heavy atom. The largest absolute Gasteiger partial charge is 0.444 e. The van der Waals surface area contributed by atoms with E-state index in [9.17, 15) is 4.79 Å². The third-order valence-electron chi connectivity index (χ3n) is 5.07. The second-order valence-corrected chi connectivity index (χ2v) is 9.33. The fourth-order valence-electron chi connectivity index (χ4n) is 4.12. The third-order valence-corrected chi connectivity index (χ3v) is 5.07. The molecule has 2 aliphatic rings. The molecule has 0 aromatic heterocycles. The van der Waals surface area contributed by atoms with Crippen molar-refractivity contribution in [1.29, 1.82) is 0 Å². The zero-order valence-corrected chi connectivity index (χ0v) is 15.7. The average molecular weight is 325 g/mol. The minimum Gasteiger partial charge on any atom is -0.444 e. The van der Waals surface area contributed by atoms with E-state index >= 15 is 0 Å². The van der Waals surface area contributed by atoms with Gasteiger partial charge in [0.05, 0.1) is 0 Å². The van der Waals surface area contributed by atoms with Crippen LogP contribution in [0, 0.1) is 5.41 Å². The predicted octanol–water partition coefficient (Wildman–Crippen LogP) is 4.38. The smallest absolute Gasteiger partial charge is 0.407 e. The van der Waals surface area contributed by atoms with E-state index in [4.69, 9.17) is 4.74 Å². The number of carbonyl (C=O) groups excluding carboxylic acids is 1. The Labute approximate surface area is 142 Å². The van der Waals surface area contributed by atoms with Crippen LogP contribution in [0.4, 0.5) is 4.79 Å². The number of carbonyl (C=O) groups is 1. The molecule has 134 valence electrons. The maximum absolute atomic E-state index is 12.0. The van der Waals surface area contributed by atoms with Crippen LogP contribution >= 0.6 is 0 Å². The van der Waals surface area contributed by atoms with E-state index in [1.165, 1.54) is 38.5 Å². The van der Waals surface area contributed by atoms with E-state index < -0.39 is 5.60 Å². The average Bonchev–Trinajstić information content (AvgIpc) is 2.35. The van der Waals surface area contributed by atoms with Crippen LogP contribution < -0.4 is 10.6 Å². The molecular weight excluding hydrogens is 288 g/mol. The van der Waals surface area contributed by atoms with Crippen LogP contribution in [0.15, 0.2) is 0 Å². The van der Waals surface area contributed by atoms with Crippen molar-refractivity contribution in [3.8, 4) is 0 Å². The zero-order valence-electron chi connectivity index (χ0n) is 15.7. The van der Waals surface area contributed by atoms with Crippen molar-refractivity contribution in [3.63, 3.8) is 0 Å². The molecular formula is C19H36N2O2. The zero-order chi connectivity index (χ0) is 17.1. The van der Waals surface area contributed by atoms with E-state index in [2.05, 4.69) is 24.5 Å². The van der Waals surface area contributed by atoms with Crippen molar-refractivity contribution in [1.82, 2.24) is 10.6 Å². The molecule has 0 saturated heterocycles. The Kier molecular flexibility index (Phi) is 5.99. The van der Waals surface area contributed by atoms with E-state index in [1.54, 1.807) is 0 Å². The molecule has 0 aromatic rings. The summed E-state index contributed by atoms with van der Waals surface area (Å²) >= 11 is 0. The first-order valence-corrected chi connectivity index (χ1v) is 9.38. The summed E-state index contributed by atoms with van der Waals surface area (Å²) in [5, 5.41) is 6.93. The van der Waals surface area contributed by atoms with Crippen molar-refractivity contribution in [2.75, 3.05) is 0 Å². The molecule has 0 heterocycles. The second kappa shape index (κ2) is 7.42. The quantitative estimate of drug-likeness (QED) is 0.810. The molecule has 1 amide bonds. The van der Waals surface area contributed by atoms with Crippen molar-refractivity contribution < 1.29 is 9.53 Å². The number of ether oxygens (including phenoxy) is 1. The summed E-state index contributed by atoms with van der Waals surface area (Å²) in [6, 6.07) is 1.42. The Morgan fingerprint density at radius 3 is 2.35 bits per heavy atom. The molecule has 0 aromatic carbocycles. The molecule has 4 heteroatoms. The fourth-order valence-corrected chi connectivity index (χ4v) is 4.12. The monoisotopic (exact) mass is 324 g/mol. The molecule has 0 spiro atoms. The normalized spacial score (nSPS) is 31.4. The SMILES string of the molecule is CC1(C)CCCC(NC2CCCC(NC(=O)OC(C)(C)C)C2)C1. The molecule has 4 nitrogen and oxygen atoms in total. The molecule has 2 saturated carbocycles. The van der Waals surface area contributed by atoms with Crippen molar-refractivity contribution >= 4 is 6.09 Å². The van der Waals surface area contributed by atoms with Gasteiger partial charge in [-0.05, 0) is 71.1 Å². The van der Waals surface area contributed by atoms with Crippen LogP contribution in [0.3, 0.4) is 0 Å². The first kappa shape index (κ1) is 18.6. The van der Waals surface area contributed by atoms with Crippen LogP contribution in [0.2, 0.25) is 0 Å². The van der Waals surface area contributed by atoms with Gasteiger partial charge in [-0.15, -0.1) is 0 Å².